The number of aryl methyl sites for hydroxylation is 2. The Labute approximate surface area is 197 Å². The SMILES string of the molecule is CCc1csc(C(Cc2ccc(N)cc2)NC(=O)C(Cc2ccccc2)c2nc(C)no2)n1. The van der Waals surface area contributed by atoms with Gasteiger partial charge in [0.1, 0.15) is 10.9 Å². The number of carbonyl (C=O) groups is 1. The summed E-state index contributed by atoms with van der Waals surface area (Å²) in [6.07, 6.45) is 1.90. The second kappa shape index (κ2) is 10.4. The van der Waals surface area contributed by atoms with Crippen molar-refractivity contribution >= 4 is 22.9 Å². The van der Waals surface area contributed by atoms with Crippen molar-refractivity contribution in [1.82, 2.24) is 20.4 Å². The summed E-state index contributed by atoms with van der Waals surface area (Å²) in [5.74, 6) is 0.0413. The molecule has 0 aliphatic carbocycles. The highest BCUT2D eigenvalue weighted by Crippen LogP contribution is 2.26. The molecule has 0 radical (unpaired) electrons. The number of thiazole rings is 1. The lowest BCUT2D eigenvalue weighted by molar-refractivity contribution is -0.123. The summed E-state index contributed by atoms with van der Waals surface area (Å²) < 4.78 is 5.41. The van der Waals surface area contributed by atoms with Gasteiger partial charge in [0, 0.05) is 11.1 Å². The molecule has 0 aliphatic rings. The van der Waals surface area contributed by atoms with E-state index in [1.807, 2.05) is 60.0 Å². The Bertz CT molecular complexity index is 1190. The molecule has 4 rings (SSSR count). The summed E-state index contributed by atoms with van der Waals surface area (Å²) in [7, 11) is 0. The van der Waals surface area contributed by atoms with Crippen molar-refractivity contribution in [3.8, 4) is 0 Å². The van der Waals surface area contributed by atoms with Gasteiger partial charge in [-0.3, -0.25) is 4.79 Å². The molecule has 2 aromatic heterocycles. The smallest absolute Gasteiger partial charge is 0.239 e. The van der Waals surface area contributed by atoms with E-state index in [0.717, 1.165) is 28.2 Å². The van der Waals surface area contributed by atoms with Crippen LogP contribution in [0.5, 0.6) is 0 Å². The van der Waals surface area contributed by atoms with E-state index in [4.69, 9.17) is 15.2 Å². The quantitative estimate of drug-likeness (QED) is 0.358. The number of anilines is 1. The van der Waals surface area contributed by atoms with Crippen molar-refractivity contribution in [2.75, 3.05) is 5.73 Å². The molecule has 0 saturated heterocycles. The maximum atomic E-state index is 13.6. The average Bonchev–Trinajstić information content (AvgIpc) is 3.48. The first kappa shape index (κ1) is 22.7. The van der Waals surface area contributed by atoms with E-state index in [1.54, 1.807) is 18.3 Å². The van der Waals surface area contributed by atoms with E-state index in [0.29, 0.717) is 30.2 Å². The van der Waals surface area contributed by atoms with Crippen LogP contribution in [0.1, 0.15) is 52.4 Å². The van der Waals surface area contributed by atoms with Gasteiger partial charge in [-0.2, -0.15) is 4.98 Å². The number of amides is 1. The summed E-state index contributed by atoms with van der Waals surface area (Å²) in [6.45, 7) is 3.82. The highest BCUT2D eigenvalue weighted by Gasteiger charge is 2.30. The van der Waals surface area contributed by atoms with Crippen LogP contribution in [-0.4, -0.2) is 21.0 Å². The lowest BCUT2D eigenvalue weighted by Gasteiger charge is -2.20. The van der Waals surface area contributed by atoms with Gasteiger partial charge < -0.3 is 15.6 Å². The number of benzene rings is 2. The fourth-order valence-electron chi connectivity index (χ4n) is 3.60. The van der Waals surface area contributed by atoms with E-state index in [9.17, 15) is 4.79 Å². The zero-order valence-electron chi connectivity index (χ0n) is 18.7. The Morgan fingerprint density at radius 3 is 2.42 bits per heavy atom. The number of hydrogen-bond donors (Lipinski definition) is 2. The van der Waals surface area contributed by atoms with E-state index >= 15 is 0 Å². The average molecular weight is 462 g/mol. The van der Waals surface area contributed by atoms with Gasteiger partial charge in [0.2, 0.25) is 11.8 Å². The zero-order valence-corrected chi connectivity index (χ0v) is 19.5. The molecule has 0 aliphatic heterocycles. The molecule has 8 heteroatoms. The van der Waals surface area contributed by atoms with Crippen molar-refractivity contribution in [3.05, 3.63) is 93.5 Å². The Hall–Kier alpha value is -3.52. The Morgan fingerprint density at radius 2 is 1.79 bits per heavy atom. The molecular formula is C25H27N5O2S. The van der Waals surface area contributed by atoms with Gasteiger partial charge in [0.25, 0.3) is 0 Å². The minimum atomic E-state index is -0.604. The number of hydrogen-bond acceptors (Lipinski definition) is 7. The third-order valence-corrected chi connectivity index (χ3v) is 6.41. The van der Waals surface area contributed by atoms with Crippen molar-refractivity contribution in [3.63, 3.8) is 0 Å². The summed E-state index contributed by atoms with van der Waals surface area (Å²) in [5.41, 5.74) is 9.65. The van der Waals surface area contributed by atoms with Crippen LogP contribution in [0, 0.1) is 6.92 Å². The molecule has 0 saturated carbocycles. The van der Waals surface area contributed by atoms with Crippen LogP contribution in [0.3, 0.4) is 0 Å². The first-order valence-corrected chi connectivity index (χ1v) is 11.8. The Kier molecular flexibility index (Phi) is 7.14. The normalized spacial score (nSPS) is 12.9. The van der Waals surface area contributed by atoms with Crippen molar-refractivity contribution in [1.29, 1.82) is 0 Å². The Morgan fingerprint density at radius 1 is 1.06 bits per heavy atom. The second-order valence-corrected chi connectivity index (χ2v) is 8.85. The van der Waals surface area contributed by atoms with Crippen molar-refractivity contribution < 1.29 is 9.32 Å². The van der Waals surface area contributed by atoms with Gasteiger partial charge in [0.15, 0.2) is 5.82 Å². The fraction of sp³-hybridized carbons (Fsp3) is 0.280. The predicted octanol–water partition coefficient (Wildman–Crippen LogP) is 4.41. The van der Waals surface area contributed by atoms with E-state index in [2.05, 4.69) is 22.4 Å². The molecule has 170 valence electrons. The Balaban J connectivity index is 1.61. The third-order valence-electron chi connectivity index (χ3n) is 5.41. The van der Waals surface area contributed by atoms with Crippen LogP contribution in [0.4, 0.5) is 5.69 Å². The number of carbonyl (C=O) groups excluding carboxylic acids is 1. The van der Waals surface area contributed by atoms with E-state index in [-0.39, 0.29) is 11.9 Å². The molecule has 2 atom stereocenters. The number of nitrogens with one attached hydrogen (secondary N) is 1. The maximum absolute atomic E-state index is 13.6. The molecule has 7 nitrogen and oxygen atoms in total. The van der Waals surface area contributed by atoms with Crippen molar-refractivity contribution in [2.24, 2.45) is 0 Å². The lowest BCUT2D eigenvalue weighted by atomic mass is 9.97. The standard InChI is InChI=1S/C25H27N5O2S/c1-3-20-15-33-25(28-20)22(14-18-9-11-19(26)12-10-18)29-23(31)21(24-27-16(2)30-32-24)13-17-7-5-4-6-8-17/h4-12,15,21-22H,3,13-14,26H2,1-2H3,(H,29,31). The molecule has 2 unspecified atom stereocenters. The predicted molar refractivity (Wildman–Crippen MR) is 129 cm³/mol. The molecule has 0 spiro atoms. The second-order valence-electron chi connectivity index (χ2n) is 7.96. The molecule has 2 aromatic carbocycles. The first-order chi connectivity index (χ1) is 16.0. The van der Waals surface area contributed by atoms with E-state index < -0.39 is 5.92 Å². The maximum Gasteiger partial charge on any atom is 0.239 e. The van der Waals surface area contributed by atoms with Gasteiger partial charge in [-0.15, -0.1) is 11.3 Å². The molecule has 3 N–H and O–H groups in total. The van der Waals surface area contributed by atoms with Gasteiger partial charge in [-0.25, -0.2) is 4.98 Å². The van der Waals surface area contributed by atoms with Crippen LogP contribution in [-0.2, 0) is 24.1 Å². The number of nitrogen functional groups attached to an aromatic ring is 1. The summed E-state index contributed by atoms with van der Waals surface area (Å²) >= 11 is 1.56. The van der Waals surface area contributed by atoms with Crippen LogP contribution < -0.4 is 11.1 Å². The van der Waals surface area contributed by atoms with Crippen LogP contribution in [0.2, 0.25) is 0 Å². The summed E-state index contributed by atoms with van der Waals surface area (Å²) in [6, 6.07) is 17.2. The third kappa shape index (κ3) is 5.84. The highest BCUT2D eigenvalue weighted by molar-refractivity contribution is 7.09. The van der Waals surface area contributed by atoms with Gasteiger partial charge >= 0.3 is 0 Å². The number of nitrogens with two attached hydrogens (primary N) is 1. The van der Waals surface area contributed by atoms with E-state index in [1.165, 1.54) is 0 Å². The molecule has 4 aromatic rings. The van der Waals surface area contributed by atoms with Crippen LogP contribution in [0.15, 0.2) is 64.5 Å². The number of aromatic nitrogens is 3. The molecule has 2 heterocycles. The molecular weight excluding hydrogens is 434 g/mol. The zero-order chi connectivity index (χ0) is 23.2. The van der Waals surface area contributed by atoms with Crippen LogP contribution in [0.25, 0.3) is 0 Å². The van der Waals surface area contributed by atoms with Crippen molar-refractivity contribution in [2.45, 2.75) is 45.1 Å². The molecule has 33 heavy (non-hydrogen) atoms. The number of nitrogens with zero attached hydrogens (tertiary/aromatic N) is 3. The highest BCUT2D eigenvalue weighted by atomic mass is 32.1. The minimum Gasteiger partial charge on any atom is -0.399 e. The fourth-order valence-corrected chi connectivity index (χ4v) is 4.56. The minimum absolute atomic E-state index is 0.170. The largest absolute Gasteiger partial charge is 0.399 e. The van der Waals surface area contributed by atoms with Crippen LogP contribution >= 0.6 is 11.3 Å². The summed E-state index contributed by atoms with van der Waals surface area (Å²) in [5, 5.41) is 10.0. The first-order valence-electron chi connectivity index (χ1n) is 10.9. The monoisotopic (exact) mass is 461 g/mol. The molecule has 0 bridgehead atoms. The number of rotatable bonds is 9. The topological polar surface area (TPSA) is 107 Å². The van der Waals surface area contributed by atoms with Gasteiger partial charge in [-0.1, -0.05) is 54.5 Å². The van der Waals surface area contributed by atoms with Gasteiger partial charge in [-0.05, 0) is 49.4 Å². The lowest BCUT2D eigenvalue weighted by Crippen LogP contribution is -2.35. The summed E-state index contributed by atoms with van der Waals surface area (Å²) in [4.78, 5) is 22.7. The molecule has 0 fully saturated rings. The molecule has 1 amide bonds. The van der Waals surface area contributed by atoms with Gasteiger partial charge in [0.05, 0.1) is 11.7 Å².